The fraction of sp³-hybridized carbons (Fsp3) is 0.333. The predicted octanol–water partition coefficient (Wildman–Crippen LogP) is 3.98. The Bertz CT molecular complexity index is 1490. The maximum Gasteiger partial charge on any atom is 0.421 e. The Balaban J connectivity index is 1.63. The minimum Gasteiger partial charge on any atom is -0.376 e. The molecule has 15 heteroatoms. The van der Waals surface area contributed by atoms with Crippen LogP contribution in [-0.4, -0.2) is 63.9 Å². The van der Waals surface area contributed by atoms with Crippen molar-refractivity contribution < 1.29 is 39.5 Å². The molecule has 3 aromatic rings. The average molecular weight is 608 g/mol. The van der Waals surface area contributed by atoms with Crippen LogP contribution in [-0.2, 0) is 25.6 Å². The highest BCUT2D eigenvalue weighted by Crippen LogP contribution is 2.39. The van der Waals surface area contributed by atoms with Gasteiger partial charge in [-0.3, -0.25) is 4.72 Å². The molecule has 39 heavy (non-hydrogen) atoms. The fourth-order valence-electron chi connectivity index (χ4n) is 4.20. The SMILES string of the molecule is CC(O)(c1ccc(N2CCN(S(=O)(=O)c3cccs3)C[C@@H]2CS(=O)(=O)Nc2ccc(F)cc2)cc1)C(F)(F)F. The lowest BCUT2D eigenvalue weighted by Gasteiger charge is -2.42. The third-order valence-electron chi connectivity index (χ3n) is 6.38. The zero-order chi connectivity index (χ0) is 28.6. The summed E-state index contributed by atoms with van der Waals surface area (Å²) in [7, 11) is -7.99. The Morgan fingerprint density at radius 1 is 1.00 bits per heavy atom. The lowest BCUT2D eigenvalue weighted by molar-refractivity contribution is -0.258. The number of hydrogen-bond acceptors (Lipinski definition) is 7. The van der Waals surface area contributed by atoms with Crippen LogP contribution in [0, 0.1) is 5.82 Å². The quantitative estimate of drug-likeness (QED) is 0.376. The van der Waals surface area contributed by atoms with E-state index in [1.807, 2.05) is 0 Å². The van der Waals surface area contributed by atoms with E-state index >= 15 is 0 Å². The molecule has 1 fully saturated rings. The van der Waals surface area contributed by atoms with Crippen LogP contribution in [0.4, 0.5) is 28.9 Å². The van der Waals surface area contributed by atoms with Gasteiger partial charge in [-0.05, 0) is 60.3 Å². The van der Waals surface area contributed by atoms with E-state index in [4.69, 9.17) is 0 Å². The van der Waals surface area contributed by atoms with Gasteiger partial charge in [-0.1, -0.05) is 18.2 Å². The average Bonchev–Trinajstić information content (AvgIpc) is 3.41. The van der Waals surface area contributed by atoms with Crippen molar-refractivity contribution in [2.45, 2.75) is 29.0 Å². The van der Waals surface area contributed by atoms with Gasteiger partial charge in [-0.25, -0.2) is 21.2 Å². The summed E-state index contributed by atoms with van der Waals surface area (Å²) in [6, 6.07) is 11.6. The van der Waals surface area contributed by atoms with Crippen LogP contribution in [0.15, 0.2) is 70.3 Å². The molecule has 1 unspecified atom stereocenters. The second-order valence-electron chi connectivity index (χ2n) is 9.15. The van der Waals surface area contributed by atoms with Gasteiger partial charge >= 0.3 is 6.18 Å². The Hall–Kier alpha value is -2.72. The maximum absolute atomic E-state index is 13.3. The van der Waals surface area contributed by atoms with E-state index in [0.29, 0.717) is 12.6 Å². The number of hydrogen-bond donors (Lipinski definition) is 2. The highest BCUT2D eigenvalue weighted by molar-refractivity contribution is 7.92. The van der Waals surface area contributed by atoms with E-state index in [2.05, 4.69) is 4.72 Å². The molecule has 2 heterocycles. The van der Waals surface area contributed by atoms with Gasteiger partial charge in [0, 0.05) is 31.0 Å². The van der Waals surface area contributed by atoms with E-state index in [1.54, 1.807) is 16.3 Å². The molecule has 1 aromatic heterocycles. The van der Waals surface area contributed by atoms with Gasteiger partial charge < -0.3 is 10.0 Å². The molecule has 1 aliphatic heterocycles. The molecule has 0 saturated carbocycles. The van der Waals surface area contributed by atoms with Crippen LogP contribution in [0.2, 0.25) is 0 Å². The lowest BCUT2D eigenvalue weighted by Crippen LogP contribution is -2.57. The van der Waals surface area contributed by atoms with Crippen molar-refractivity contribution in [2.24, 2.45) is 0 Å². The minimum atomic E-state index is -4.92. The van der Waals surface area contributed by atoms with Crippen molar-refractivity contribution in [3.05, 3.63) is 77.4 Å². The van der Waals surface area contributed by atoms with Crippen molar-refractivity contribution >= 4 is 42.8 Å². The number of piperazine rings is 1. The standard InChI is InChI=1S/C24H25F4N3O5S3/c1-23(32,24(26,27)28)17-4-10-20(11-5-17)31-13-12-30(39(35,36)22-3-2-14-37-22)15-21(31)16-38(33,34)29-19-8-6-18(25)7-9-19/h2-11,14,21,29,32H,12-13,15-16H2,1H3/t21-,23?/m1/s1. The molecule has 0 radical (unpaired) electrons. The topological polar surface area (TPSA) is 107 Å². The van der Waals surface area contributed by atoms with Gasteiger partial charge in [-0.15, -0.1) is 11.3 Å². The number of aliphatic hydroxyl groups is 1. The first-order chi connectivity index (χ1) is 18.1. The minimum absolute atomic E-state index is 0.00416. The first-order valence-corrected chi connectivity index (χ1v) is 15.5. The van der Waals surface area contributed by atoms with Gasteiger partial charge in [0.25, 0.3) is 10.0 Å². The number of nitrogens with zero attached hydrogens (tertiary/aromatic N) is 2. The first-order valence-electron chi connectivity index (χ1n) is 11.6. The molecule has 8 nitrogen and oxygen atoms in total. The van der Waals surface area contributed by atoms with Crippen molar-refractivity contribution in [2.75, 3.05) is 35.0 Å². The Labute approximate surface area is 227 Å². The first kappa shape index (κ1) is 29.3. The Morgan fingerprint density at radius 3 is 2.21 bits per heavy atom. The molecule has 212 valence electrons. The zero-order valence-corrected chi connectivity index (χ0v) is 22.9. The molecule has 0 spiro atoms. The summed E-state index contributed by atoms with van der Waals surface area (Å²) in [5.74, 6) is -1.12. The summed E-state index contributed by atoms with van der Waals surface area (Å²) in [5.41, 5.74) is -3.03. The molecule has 4 rings (SSSR count). The molecule has 1 saturated heterocycles. The van der Waals surface area contributed by atoms with Gasteiger partial charge in [0.05, 0.1) is 11.8 Å². The second-order valence-corrected chi connectivity index (χ2v) is 14.0. The second kappa shape index (κ2) is 10.7. The Morgan fingerprint density at radius 2 is 1.64 bits per heavy atom. The van der Waals surface area contributed by atoms with Crippen LogP contribution in [0.1, 0.15) is 12.5 Å². The number of alkyl halides is 3. The number of halogens is 4. The van der Waals surface area contributed by atoms with Crippen LogP contribution in [0.5, 0.6) is 0 Å². The lowest BCUT2D eigenvalue weighted by atomic mass is 9.95. The van der Waals surface area contributed by atoms with Gasteiger partial charge in [0.2, 0.25) is 10.0 Å². The number of nitrogens with one attached hydrogen (secondary N) is 1. The summed E-state index contributed by atoms with van der Waals surface area (Å²) < 4.78 is 109. The highest BCUT2D eigenvalue weighted by atomic mass is 32.2. The van der Waals surface area contributed by atoms with Crippen molar-refractivity contribution in [3.8, 4) is 0 Å². The normalized spacial score (nSPS) is 19.0. The van der Waals surface area contributed by atoms with E-state index in [0.717, 1.165) is 35.6 Å². The molecule has 0 amide bonds. The number of sulfonamides is 2. The zero-order valence-electron chi connectivity index (χ0n) is 20.5. The summed E-state index contributed by atoms with van der Waals surface area (Å²) in [4.78, 5) is 1.61. The predicted molar refractivity (Wildman–Crippen MR) is 140 cm³/mol. The molecule has 2 aromatic carbocycles. The van der Waals surface area contributed by atoms with E-state index in [9.17, 15) is 39.5 Å². The van der Waals surface area contributed by atoms with Gasteiger partial charge in [0.1, 0.15) is 10.0 Å². The largest absolute Gasteiger partial charge is 0.421 e. The number of rotatable bonds is 8. The molecular weight excluding hydrogens is 582 g/mol. The third kappa shape index (κ3) is 6.38. The summed E-state index contributed by atoms with van der Waals surface area (Å²) in [6.07, 6.45) is -4.92. The van der Waals surface area contributed by atoms with Crippen molar-refractivity contribution in [1.82, 2.24) is 4.31 Å². The van der Waals surface area contributed by atoms with Crippen LogP contribution in [0.25, 0.3) is 0 Å². The summed E-state index contributed by atoms with van der Waals surface area (Å²) in [5, 5.41) is 11.6. The number of benzene rings is 2. The van der Waals surface area contributed by atoms with E-state index in [-0.39, 0.29) is 29.5 Å². The molecule has 0 aliphatic carbocycles. The summed E-state index contributed by atoms with van der Waals surface area (Å²) >= 11 is 1.02. The third-order valence-corrected chi connectivity index (χ3v) is 11.0. The van der Waals surface area contributed by atoms with Crippen molar-refractivity contribution in [1.29, 1.82) is 0 Å². The van der Waals surface area contributed by atoms with Gasteiger partial charge in [0.15, 0.2) is 5.60 Å². The number of anilines is 2. The van der Waals surface area contributed by atoms with E-state index in [1.165, 1.54) is 34.6 Å². The van der Waals surface area contributed by atoms with Crippen LogP contribution < -0.4 is 9.62 Å². The highest BCUT2D eigenvalue weighted by Gasteiger charge is 2.51. The van der Waals surface area contributed by atoms with Gasteiger partial charge in [-0.2, -0.15) is 17.5 Å². The Kier molecular flexibility index (Phi) is 8.02. The van der Waals surface area contributed by atoms with E-state index < -0.39 is 55.0 Å². The van der Waals surface area contributed by atoms with Crippen molar-refractivity contribution in [3.63, 3.8) is 0 Å². The fourth-order valence-corrected chi connectivity index (χ4v) is 8.18. The van der Waals surface area contributed by atoms with Crippen LogP contribution in [0.3, 0.4) is 0 Å². The molecule has 0 bridgehead atoms. The van der Waals surface area contributed by atoms with Crippen LogP contribution >= 0.6 is 11.3 Å². The maximum atomic E-state index is 13.3. The molecule has 1 aliphatic rings. The monoisotopic (exact) mass is 607 g/mol. The molecule has 2 atom stereocenters. The molecule has 2 N–H and O–H groups in total. The summed E-state index contributed by atoms with van der Waals surface area (Å²) in [6.45, 7) is 0.472. The molecular formula is C24H25F4N3O5S3. The number of thiophene rings is 1. The smallest absolute Gasteiger partial charge is 0.376 e.